The minimum Gasteiger partial charge on any atom is -0.309 e. The first-order chi connectivity index (χ1) is 7.27. The molecule has 0 fully saturated rings. The van der Waals surface area contributed by atoms with Gasteiger partial charge in [0.2, 0.25) is 0 Å². The van der Waals surface area contributed by atoms with E-state index in [0.717, 1.165) is 18.2 Å². The molecule has 0 radical (unpaired) electrons. The largest absolute Gasteiger partial charge is 0.309 e. The predicted octanol–water partition coefficient (Wildman–Crippen LogP) is 3.17. The molecule has 0 amide bonds. The third kappa shape index (κ3) is 4.00. The van der Waals surface area contributed by atoms with Gasteiger partial charge in [0, 0.05) is 12.2 Å². The molecular formula is C13H22N2. The molecule has 1 N–H and O–H groups in total. The van der Waals surface area contributed by atoms with Crippen LogP contribution in [-0.4, -0.2) is 11.5 Å². The number of nitrogens with zero attached hydrogens (tertiary/aromatic N) is 1. The number of aromatic nitrogens is 1. The molecule has 15 heavy (non-hydrogen) atoms. The van der Waals surface area contributed by atoms with E-state index in [0.29, 0.717) is 6.04 Å². The van der Waals surface area contributed by atoms with E-state index in [4.69, 9.17) is 0 Å². The van der Waals surface area contributed by atoms with Crippen molar-refractivity contribution in [3.05, 3.63) is 30.1 Å². The van der Waals surface area contributed by atoms with Gasteiger partial charge in [-0.2, -0.15) is 0 Å². The third-order valence-corrected chi connectivity index (χ3v) is 3.00. The summed E-state index contributed by atoms with van der Waals surface area (Å²) in [6, 6.07) is 6.42. The molecule has 0 aliphatic carbocycles. The zero-order valence-electron chi connectivity index (χ0n) is 10.0. The number of hydrogen-bond donors (Lipinski definition) is 1. The van der Waals surface area contributed by atoms with Gasteiger partial charge in [-0.1, -0.05) is 32.8 Å². The molecule has 1 aromatic rings. The van der Waals surface area contributed by atoms with E-state index in [1.165, 1.54) is 12.8 Å². The Morgan fingerprint density at radius 2 is 2.00 bits per heavy atom. The van der Waals surface area contributed by atoms with Gasteiger partial charge in [0.15, 0.2) is 0 Å². The Morgan fingerprint density at radius 3 is 2.53 bits per heavy atom. The molecule has 2 heteroatoms. The van der Waals surface area contributed by atoms with Gasteiger partial charge in [0.1, 0.15) is 0 Å². The fourth-order valence-electron chi connectivity index (χ4n) is 1.66. The van der Waals surface area contributed by atoms with Crippen molar-refractivity contribution in [1.82, 2.24) is 10.3 Å². The van der Waals surface area contributed by atoms with Gasteiger partial charge in [0.25, 0.3) is 0 Å². The van der Waals surface area contributed by atoms with E-state index in [2.05, 4.69) is 37.1 Å². The first kappa shape index (κ1) is 12.2. The lowest BCUT2D eigenvalue weighted by molar-refractivity contribution is 0.419. The summed E-state index contributed by atoms with van der Waals surface area (Å²) in [5.41, 5.74) is 1.13. The highest BCUT2D eigenvalue weighted by molar-refractivity contribution is 5.07. The Morgan fingerprint density at radius 1 is 1.27 bits per heavy atom. The zero-order valence-corrected chi connectivity index (χ0v) is 10.0. The Balaban J connectivity index is 2.39. The molecule has 0 aliphatic heterocycles. The van der Waals surface area contributed by atoms with Gasteiger partial charge in [-0.3, -0.25) is 4.98 Å². The highest BCUT2D eigenvalue weighted by Crippen LogP contribution is 2.11. The second-order valence-electron chi connectivity index (χ2n) is 4.07. The molecule has 1 atom stereocenters. The van der Waals surface area contributed by atoms with Crippen molar-refractivity contribution >= 4 is 0 Å². The topological polar surface area (TPSA) is 24.9 Å². The van der Waals surface area contributed by atoms with Crippen LogP contribution >= 0.6 is 0 Å². The van der Waals surface area contributed by atoms with E-state index < -0.39 is 0 Å². The van der Waals surface area contributed by atoms with Crippen molar-refractivity contribution in [3.63, 3.8) is 0 Å². The molecule has 1 heterocycles. The summed E-state index contributed by atoms with van der Waals surface area (Å²) in [6.07, 6.45) is 4.35. The minimum atomic E-state index is 0.354. The van der Waals surface area contributed by atoms with E-state index in [1.807, 2.05) is 18.3 Å². The minimum absolute atomic E-state index is 0.354. The predicted molar refractivity (Wildman–Crippen MR) is 64.7 cm³/mol. The van der Waals surface area contributed by atoms with Crippen LogP contribution in [0.4, 0.5) is 0 Å². The number of rotatable bonds is 6. The lowest BCUT2D eigenvalue weighted by Gasteiger charge is -2.18. The fraction of sp³-hybridized carbons (Fsp3) is 0.615. The average molecular weight is 206 g/mol. The van der Waals surface area contributed by atoms with Crippen molar-refractivity contribution in [1.29, 1.82) is 0 Å². The molecule has 0 saturated carbocycles. The van der Waals surface area contributed by atoms with Gasteiger partial charge in [-0.05, 0) is 31.5 Å². The van der Waals surface area contributed by atoms with Gasteiger partial charge < -0.3 is 5.32 Å². The van der Waals surface area contributed by atoms with Crippen LogP contribution in [0.25, 0.3) is 0 Å². The molecule has 2 nitrogen and oxygen atoms in total. The Kier molecular flexibility index (Phi) is 5.33. The Hall–Kier alpha value is -0.890. The van der Waals surface area contributed by atoms with Crippen molar-refractivity contribution in [2.24, 2.45) is 5.92 Å². The van der Waals surface area contributed by atoms with E-state index in [9.17, 15) is 0 Å². The Labute approximate surface area is 93.1 Å². The van der Waals surface area contributed by atoms with Crippen LogP contribution in [0, 0.1) is 5.92 Å². The molecule has 0 saturated heterocycles. The first-order valence-corrected chi connectivity index (χ1v) is 5.92. The number of nitrogens with one attached hydrogen (secondary N) is 1. The van der Waals surface area contributed by atoms with Crippen molar-refractivity contribution in [2.75, 3.05) is 6.54 Å². The third-order valence-electron chi connectivity index (χ3n) is 3.00. The summed E-state index contributed by atoms with van der Waals surface area (Å²) in [5.74, 6) is 0.788. The van der Waals surface area contributed by atoms with E-state index in [-0.39, 0.29) is 0 Å². The second kappa shape index (κ2) is 6.57. The fourth-order valence-corrected chi connectivity index (χ4v) is 1.66. The van der Waals surface area contributed by atoms with Crippen molar-refractivity contribution < 1.29 is 0 Å². The first-order valence-electron chi connectivity index (χ1n) is 5.92. The highest BCUT2D eigenvalue weighted by Gasteiger charge is 2.08. The quantitative estimate of drug-likeness (QED) is 0.773. The maximum atomic E-state index is 4.35. The number of hydrogen-bond acceptors (Lipinski definition) is 2. The molecular weight excluding hydrogens is 184 g/mol. The van der Waals surface area contributed by atoms with Gasteiger partial charge in [-0.15, -0.1) is 0 Å². The van der Waals surface area contributed by atoms with Crippen LogP contribution in [0.5, 0.6) is 0 Å². The summed E-state index contributed by atoms with van der Waals surface area (Å²) >= 11 is 0. The normalized spacial score (nSPS) is 13.1. The summed E-state index contributed by atoms with van der Waals surface area (Å²) in [6.45, 7) is 7.76. The smallest absolute Gasteiger partial charge is 0.0570 e. The molecule has 0 aliphatic rings. The monoisotopic (exact) mass is 206 g/mol. The molecule has 0 unspecified atom stereocenters. The van der Waals surface area contributed by atoms with Crippen LogP contribution < -0.4 is 5.32 Å². The van der Waals surface area contributed by atoms with Crippen LogP contribution in [-0.2, 0) is 0 Å². The molecule has 0 bridgehead atoms. The Bertz CT molecular complexity index is 254. The molecule has 1 rings (SSSR count). The number of pyridine rings is 1. The SMILES string of the molecule is CCC(CC)CN[C@@H](C)c1ccccn1. The molecule has 1 aromatic heterocycles. The molecule has 0 spiro atoms. The van der Waals surface area contributed by atoms with Gasteiger partial charge >= 0.3 is 0 Å². The summed E-state index contributed by atoms with van der Waals surface area (Å²) in [5, 5.41) is 3.54. The van der Waals surface area contributed by atoms with Crippen LogP contribution in [0.15, 0.2) is 24.4 Å². The molecule has 0 aromatic carbocycles. The summed E-state index contributed by atoms with van der Waals surface area (Å²) in [4.78, 5) is 4.35. The van der Waals surface area contributed by atoms with Gasteiger partial charge in [0.05, 0.1) is 5.69 Å². The van der Waals surface area contributed by atoms with Crippen LogP contribution in [0.1, 0.15) is 45.3 Å². The summed E-state index contributed by atoms with van der Waals surface area (Å²) < 4.78 is 0. The van der Waals surface area contributed by atoms with Crippen molar-refractivity contribution in [2.45, 2.75) is 39.7 Å². The standard InChI is InChI=1S/C13H22N2/c1-4-12(5-2)10-15-11(3)13-8-6-7-9-14-13/h6-9,11-12,15H,4-5,10H2,1-3H3/t11-/m0/s1. The average Bonchev–Trinajstić information content (AvgIpc) is 2.31. The van der Waals surface area contributed by atoms with E-state index >= 15 is 0 Å². The highest BCUT2D eigenvalue weighted by atomic mass is 14.9. The van der Waals surface area contributed by atoms with Crippen molar-refractivity contribution in [3.8, 4) is 0 Å². The van der Waals surface area contributed by atoms with E-state index in [1.54, 1.807) is 0 Å². The maximum absolute atomic E-state index is 4.35. The lowest BCUT2D eigenvalue weighted by atomic mass is 10.0. The second-order valence-corrected chi connectivity index (χ2v) is 4.07. The summed E-state index contributed by atoms with van der Waals surface area (Å²) in [7, 11) is 0. The van der Waals surface area contributed by atoms with Crippen LogP contribution in [0.3, 0.4) is 0 Å². The van der Waals surface area contributed by atoms with Crippen LogP contribution in [0.2, 0.25) is 0 Å². The lowest BCUT2D eigenvalue weighted by Crippen LogP contribution is -2.25. The maximum Gasteiger partial charge on any atom is 0.0570 e. The zero-order chi connectivity index (χ0) is 11.1. The molecule has 84 valence electrons. The van der Waals surface area contributed by atoms with Gasteiger partial charge in [-0.25, -0.2) is 0 Å².